The molecule has 0 aliphatic rings. The summed E-state index contributed by atoms with van der Waals surface area (Å²) in [6, 6.07) is 12.4. The molecule has 0 unspecified atom stereocenters. The number of rotatable bonds is 7. The number of hydrogen-bond donors (Lipinski definition) is 2. The second-order valence-corrected chi connectivity index (χ2v) is 9.27. The van der Waals surface area contributed by atoms with Gasteiger partial charge in [0.1, 0.15) is 5.75 Å². The van der Waals surface area contributed by atoms with E-state index < -0.39 is 5.41 Å². The number of nitrogens with one attached hydrogen (secondary N) is 2. The zero-order chi connectivity index (χ0) is 21.6. The monoisotopic (exact) mass is 460 g/mol. The Morgan fingerprint density at radius 2 is 1.69 bits per heavy atom. The Morgan fingerprint density at radius 3 is 2.28 bits per heavy atom. The number of hydrogen-bond acceptors (Lipinski definition) is 3. The summed E-state index contributed by atoms with van der Waals surface area (Å²) in [5, 5.41) is 5.73. The van der Waals surface area contributed by atoms with Crippen molar-refractivity contribution in [2.45, 2.75) is 41.0 Å². The maximum atomic E-state index is 12.6. The summed E-state index contributed by atoms with van der Waals surface area (Å²) >= 11 is 3.47. The molecular formula is C23H29BrN2O3. The van der Waals surface area contributed by atoms with Crippen LogP contribution in [0.2, 0.25) is 0 Å². The second kappa shape index (κ2) is 9.92. The largest absolute Gasteiger partial charge is 0.492 e. The third kappa shape index (κ3) is 7.20. The molecule has 2 amide bonds. The molecule has 0 atom stereocenters. The Bertz CT molecular complexity index is 873. The standard InChI is InChI=1S/C23H29BrN2O3/c1-15(2)11-12-29-20-10-9-16(13-19(20)24)21(27)25-17-7-6-8-18(14-17)26-22(28)23(3,4)5/h6-10,13-15H,11-12H2,1-5H3,(H,25,27)(H,26,28). The highest BCUT2D eigenvalue weighted by atomic mass is 79.9. The van der Waals surface area contributed by atoms with Crippen molar-refractivity contribution < 1.29 is 14.3 Å². The van der Waals surface area contributed by atoms with E-state index >= 15 is 0 Å². The van der Waals surface area contributed by atoms with Crippen molar-refractivity contribution in [1.82, 2.24) is 0 Å². The molecule has 0 fully saturated rings. The van der Waals surface area contributed by atoms with E-state index in [2.05, 4.69) is 40.4 Å². The van der Waals surface area contributed by atoms with Gasteiger partial charge in [0.25, 0.3) is 5.91 Å². The van der Waals surface area contributed by atoms with Gasteiger partial charge in [-0.2, -0.15) is 0 Å². The highest BCUT2D eigenvalue weighted by Gasteiger charge is 2.21. The molecule has 2 rings (SSSR count). The van der Waals surface area contributed by atoms with E-state index in [1.807, 2.05) is 20.8 Å². The molecule has 0 spiro atoms. The number of amides is 2. The van der Waals surface area contributed by atoms with Crippen LogP contribution in [0.25, 0.3) is 0 Å². The van der Waals surface area contributed by atoms with Crippen molar-refractivity contribution in [2.24, 2.45) is 11.3 Å². The molecule has 0 aromatic heterocycles. The Hall–Kier alpha value is -2.34. The maximum absolute atomic E-state index is 12.6. The minimum absolute atomic E-state index is 0.0852. The van der Waals surface area contributed by atoms with Crippen LogP contribution in [-0.2, 0) is 4.79 Å². The van der Waals surface area contributed by atoms with Crippen LogP contribution in [-0.4, -0.2) is 18.4 Å². The van der Waals surface area contributed by atoms with Crippen LogP contribution in [0.4, 0.5) is 11.4 Å². The van der Waals surface area contributed by atoms with Crippen LogP contribution in [0.1, 0.15) is 51.4 Å². The lowest BCUT2D eigenvalue weighted by atomic mass is 9.95. The smallest absolute Gasteiger partial charge is 0.255 e. The van der Waals surface area contributed by atoms with Crippen molar-refractivity contribution in [2.75, 3.05) is 17.2 Å². The van der Waals surface area contributed by atoms with Crippen LogP contribution < -0.4 is 15.4 Å². The summed E-state index contributed by atoms with van der Waals surface area (Å²) in [6.45, 7) is 10.5. The van der Waals surface area contributed by atoms with Gasteiger partial charge in [0.05, 0.1) is 11.1 Å². The van der Waals surface area contributed by atoms with Crippen molar-refractivity contribution in [3.05, 3.63) is 52.5 Å². The van der Waals surface area contributed by atoms with Crippen molar-refractivity contribution in [3.8, 4) is 5.75 Å². The molecule has 0 aliphatic carbocycles. The molecular weight excluding hydrogens is 432 g/mol. The number of halogens is 1. The number of ether oxygens (including phenoxy) is 1. The van der Waals surface area contributed by atoms with E-state index in [0.717, 1.165) is 10.9 Å². The van der Waals surface area contributed by atoms with E-state index in [1.54, 1.807) is 42.5 Å². The van der Waals surface area contributed by atoms with Crippen molar-refractivity contribution in [3.63, 3.8) is 0 Å². The molecule has 29 heavy (non-hydrogen) atoms. The average Bonchev–Trinajstić information content (AvgIpc) is 2.62. The number of anilines is 2. The topological polar surface area (TPSA) is 67.4 Å². The molecule has 156 valence electrons. The third-order valence-electron chi connectivity index (χ3n) is 4.21. The highest BCUT2D eigenvalue weighted by molar-refractivity contribution is 9.10. The molecule has 5 nitrogen and oxygen atoms in total. The first-order chi connectivity index (χ1) is 13.6. The summed E-state index contributed by atoms with van der Waals surface area (Å²) in [5.41, 5.74) is 1.26. The van der Waals surface area contributed by atoms with Crippen molar-refractivity contribution in [1.29, 1.82) is 0 Å². The molecule has 2 aromatic carbocycles. The van der Waals surface area contributed by atoms with E-state index in [9.17, 15) is 9.59 Å². The Kier molecular flexibility index (Phi) is 7.85. The van der Waals surface area contributed by atoms with Crippen LogP contribution in [0.3, 0.4) is 0 Å². The predicted molar refractivity (Wildman–Crippen MR) is 122 cm³/mol. The van der Waals surface area contributed by atoms with Crippen molar-refractivity contribution >= 4 is 39.1 Å². The van der Waals surface area contributed by atoms with Crippen LogP contribution in [0.5, 0.6) is 5.75 Å². The van der Waals surface area contributed by atoms with Gasteiger partial charge in [0.2, 0.25) is 5.91 Å². The lowest BCUT2D eigenvalue weighted by molar-refractivity contribution is -0.123. The van der Waals surface area contributed by atoms with Gasteiger partial charge in [-0.15, -0.1) is 0 Å². The van der Waals surface area contributed by atoms with Gasteiger partial charge in [0.15, 0.2) is 0 Å². The fraction of sp³-hybridized carbons (Fsp3) is 0.391. The van der Waals surface area contributed by atoms with Crippen LogP contribution in [0.15, 0.2) is 46.9 Å². The fourth-order valence-electron chi connectivity index (χ4n) is 2.36. The van der Waals surface area contributed by atoms with E-state index in [0.29, 0.717) is 35.2 Å². The number of benzene rings is 2. The molecule has 0 bridgehead atoms. The zero-order valence-corrected chi connectivity index (χ0v) is 19.2. The molecule has 0 radical (unpaired) electrons. The fourth-order valence-corrected chi connectivity index (χ4v) is 2.85. The Labute approximate surface area is 181 Å². The SMILES string of the molecule is CC(C)CCOc1ccc(C(=O)Nc2cccc(NC(=O)C(C)(C)C)c2)cc1Br. The predicted octanol–water partition coefficient (Wildman–Crippen LogP) is 6.11. The van der Waals surface area contributed by atoms with Crippen LogP contribution >= 0.6 is 15.9 Å². The third-order valence-corrected chi connectivity index (χ3v) is 4.83. The quantitative estimate of drug-likeness (QED) is 0.523. The minimum Gasteiger partial charge on any atom is -0.492 e. The maximum Gasteiger partial charge on any atom is 0.255 e. The first-order valence-electron chi connectivity index (χ1n) is 9.71. The highest BCUT2D eigenvalue weighted by Crippen LogP contribution is 2.27. The van der Waals surface area contributed by atoms with Crippen LogP contribution in [0, 0.1) is 11.3 Å². The van der Waals surface area contributed by atoms with Gasteiger partial charge in [0, 0.05) is 22.4 Å². The first kappa shape index (κ1) is 22.9. The second-order valence-electron chi connectivity index (χ2n) is 8.42. The minimum atomic E-state index is -0.496. The molecule has 0 heterocycles. The van der Waals surface area contributed by atoms with E-state index in [1.165, 1.54) is 0 Å². The molecule has 0 saturated heterocycles. The number of carbonyl (C=O) groups is 2. The lowest BCUT2D eigenvalue weighted by Crippen LogP contribution is -2.27. The molecule has 2 N–H and O–H groups in total. The summed E-state index contributed by atoms with van der Waals surface area (Å²) in [5.74, 6) is 0.966. The van der Waals surface area contributed by atoms with Gasteiger partial charge in [-0.1, -0.05) is 40.7 Å². The molecule has 0 saturated carbocycles. The summed E-state index contributed by atoms with van der Waals surface area (Å²) in [4.78, 5) is 24.8. The van der Waals surface area contributed by atoms with Gasteiger partial charge >= 0.3 is 0 Å². The van der Waals surface area contributed by atoms with E-state index in [-0.39, 0.29) is 11.8 Å². The normalized spacial score (nSPS) is 11.3. The zero-order valence-electron chi connectivity index (χ0n) is 17.6. The van der Waals surface area contributed by atoms with Gasteiger partial charge < -0.3 is 15.4 Å². The summed E-state index contributed by atoms with van der Waals surface area (Å²) in [6.07, 6.45) is 0.969. The first-order valence-corrected chi connectivity index (χ1v) is 10.5. The molecule has 6 heteroatoms. The summed E-state index contributed by atoms with van der Waals surface area (Å²) in [7, 11) is 0. The van der Waals surface area contributed by atoms with Gasteiger partial charge in [-0.3, -0.25) is 9.59 Å². The lowest BCUT2D eigenvalue weighted by Gasteiger charge is -2.18. The molecule has 0 aliphatic heterocycles. The van der Waals surface area contributed by atoms with Gasteiger partial charge in [-0.25, -0.2) is 0 Å². The number of carbonyl (C=O) groups excluding carboxylic acids is 2. The van der Waals surface area contributed by atoms with E-state index in [4.69, 9.17) is 4.74 Å². The Morgan fingerprint density at radius 1 is 1.03 bits per heavy atom. The average molecular weight is 461 g/mol. The summed E-state index contributed by atoms with van der Waals surface area (Å²) < 4.78 is 6.50. The Balaban J connectivity index is 2.04. The molecule has 2 aromatic rings. The van der Waals surface area contributed by atoms with Gasteiger partial charge in [-0.05, 0) is 64.7 Å².